The Kier molecular flexibility index (Phi) is 3.55. The van der Waals surface area contributed by atoms with Crippen molar-refractivity contribution in [3.05, 3.63) is 0 Å². The Labute approximate surface area is 110 Å². The molecule has 0 spiro atoms. The molecule has 5 amide bonds. The number of imide groups is 2. The molecule has 2 saturated heterocycles. The summed E-state index contributed by atoms with van der Waals surface area (Å²) in [6.45, 7) is 2.36. The Morgan fingerprint density at radius 3 is 2.42 bits per heavy atom. The van der Waals surface area contributed by atoms with Gasteiger partial charge in [-0.1, -0.05) is 13.3 Å². The van der Waals surface area contributed by atoms with Gasteiger partial charge >= 0.3 is 6.03 Å². The summed E-state index contributed by atoms with van der Waals surface area (Å²) in [6, 6.07) is -1.55. The van der Waals surface area contributed by atoms with Crippen molar-refractivity contribution < 1.29 is 19.2 Å². The van der Waals surface area contributed by atoms with Gasteiger partial charge < -0.3 is 4.90 Å². The largest absolute Gasteiger partial charge is 0.344 e. The lowest BCUT2D eigenvalue weighted by Crippen LogP contribution is -2.62. The number of likely N-dealkylation sites (tertiary alicyclic amines) is 1. The van der Waals surface area contributed by atoms with Crippen molar-refractivity contribution in [3.8, 4) is 0 Å². The highest BCUT2D eigenvalue weighted by molar-refractivity contribution is 6.17. The predicted molar refractivity (Wildman–Crippen MR) is 64.8 cm³/mol. The van der Waals surface area contributed by atoms with Gasteiger partial charge in [0.1, 0.15) is 12.0 Å². The molecule has 7 nitrogen and oxygen atoms in total. The van der Waals surface area contributed by atoms with Crippen LogP contribution in [0.3, 0.4) is 0 Å². The van der Waals surface area contributed by atoms with E-state index in [0.717, 1.165) is 4.90 Å². The lowest BCUT2D eigenvalue weighted by molar-refractivity contribution is -0.148. The zero-order chi connectivity index (χ0) is 14.2. The lowest BCUT2D eigenvalue weighted by Gasteiger charge is -2.33. The minimum absolute atomic E-state index is 0.256. The van der Waals surface area contributed by atoms with Gasteiger partial charge in [-0.25, -0.2) is 4.79 Å². The van der Waals surface area contributed by atoms with Crippen LogP contribution in [0.1, 0.15) is 26.2 Å². The Balaban J connectivity index is 2.24. The number of nitrogens with zero attached hydrogens (tertiary/aromatic N) is 2. The summed E-state index contributed by atoms with van der Waals surface area (Å²) in [5, 5.41) is 2.16. The third kappa shape index (κ3) is 2.20. The molecule has 1 N–H and O–H groups in total. The molecule has 0 radical (unpaired) electrons. The zero-order valence-electron chi connectivity index (χ0n) is 11.0. The van der Waals surface area contributed by atoms with E-state index >= 15 is 0 Å². The van der Waals surface area contributed by atoms with Crippen molar-refractivity contribution in [1.82, 2.24) is 15.1 Å². The van der Waals surface area contributed by atoms with Gasteiger partial charge in [0.2, 0.25) is 17.7 Å². The second kappa shape index (κ2) is 4.99. The molecule has 2 aliphatic rings. The minimum Gasteiger partial charge on any atom is -0.344 e. The molecule has 2 fully saturated rings. The molecule has 2 unspecified atom stereocenters. The molecule has 0 bridgehead atoms. The topological polar surface area (TPSA) is 86.8 Å². The molecule has 2 aliphatic heterocycles. The number of urea groups is 1. The van der Waals surface area contributed by atoms with Gasteiger partial charge in [-0.2, -0.15) is 0 Å². The number of carbonyl (C=O) groups is 4. The maximum absolute atomic E-state index is 12.2. The fraction of sp³-hybridized carbons (Fsp3) is 0.667. The monoisotopic (exact) mass is 267 g/mol. The van der Waals surface area contributed by atoms with E-state index in [2.05, 4.69) is 5.32 Å². The highest BCUT2D eigenvalue weighted by Gasteiger charge is 2.47. The molecule has 2 atom stereocenters. The van der Waals surface area contributed by atoms with Gasteiger partial charge in [0.15, 0.2) is 0 Å². The molecular weight excluding hydrogens is 250 g/mol. The van der Waals surface area contributed by atoms with E-state index in [9.17, 15) is 19.2 Å². The van der Waals surface area contributed by atoms with Crippen LogP contribution in [0.15, 0.2) is 0 Å². The fourth-order valence-electron chi connectivity index (χ4n) is 2.51. The van der Waals surface area contributed by atoms with E-state index < -0.39 is 29.8 Å². The maximum atomic E-state index is 12.2. The van der Waals surface area contributed by atoms with Crippen molar-refractivity contribution in [1.29, 1.82) is 0 Å². The number of carbonyl (C=O) groups excluding carboxylic acids is 4. The quantitative estimate of drug-likeness (QED) is 0.712. The molecule has 2 heterocycles. The first-order chi connectivity index (χ1) is 8.97. The molecule has 19 heavy (non-hydrogen) atoms. The van der Waals surface area contributed by atoms with Crippen LogP contribution >= 0.6 is 0 Å². The Bertz CT molecular complexity index is 448. The molecule has 7 heteroatoms. The Morgan fingerprint density at radius 1 is 1.21 bits per heavy atom. The second-order valence-corrected chi connectivity index (χ2v) is 4.91. The van der Waals surface area contributed by atoms with Crippen molar-refractivity contribution in [3.63, 3.8) is 0 Å². The molecular formula is C12H17N3O4. The van der Waals surface area contributed by atoms with Gasteiger partial charge in [0, 0.05) is 13.6 Å². The van der Waals surface area contributed by atoms with Crippen molar-refractivity contribution in [2.24, 2.45) is 5.92 Å². The normalized spacial score (nSPS) is 28.1. The number of amides is 5. The van der Waals surface area contributed by atoms with Crippen LogP contribution in [0.4, 0.5) is 4.79 Å². The summed E-state index contributed by atoms with van der Waals surface area (Å²) < 4.78 is 0. The summed E-state index contributed by atoms with van der Waals surface area (Å²) in [5.41, 5.74) is 0. The highest BCUT2D eigenvalue weighted by atomic mass is 16.2. The van der Waals surface area contributed by atoms with Crippen LogP contribution in [-0.4, -0.2) is 53.2 Å². The minimum atomic E-state index is -0.860. The number of nitrogens with one attached hydrogen (secondary N) is 1. The average molecular weight is 267 g/mol. The summed E-state index contributed by atoms with van der Waals surface area (Å²) in [6.07, 6.45) is 1.46. The number of rotatable bonds is 3. The van der Waals surface area contributed by atoms with Crippen LogP contribution in [-0.2, 0) is 14.4 Å². The molecule has 0 aliphatic carbocycles. The zero-order valence-corrected chi connectivity index (χ0v) is 11.0. The van der Waals surface area contributed by atoms with E-state index in [-0.39, 0.29) is 5.91 Å². The molecule has 0 saturated carbocycles. The third-order valence-corrected chi connectivity index (χ3v) is 3.59. The van der Waals surface area contributed by atoms with Crippen molar-refractivity contribution in [2.45, 2.75) is 32.2 Å². The molecule has 0 aromatic rings. The fourth-order valence-corrected chi connectivity index (χ4v) is 2.51. The molecule has 104 valence electrons. The summed E-state index contributed by atoms with van der Waals surface area (Å²) >= 11 is 0. The first kappa shape index (κ1) is 13.5. The van der Waals surface area contributed by atoms with Gasteiger partial charge in [0.25, 0.3) is 0 Å². The average Bonchev–Trinajstić information content (AvgIpc) is 2.66. The number of barbiturate groups is 1. The van der Waals surface area contributed by atoms with Gasteiger partial charge in [0.05, 0.1) is 0 Å². The number of hydrogen-bond donors (Lipinski definition) is 1. The van der Waals surface area contributed by atoms with Gasteiger partial charge in [-0.3, -0.25) is 24.6 Å². The molecule has 2 rings (SSSR count). The van der Waals surface area contributed by atoms with E-state index in [1.165, 1.54) is 4.90 Å². The molecule has 0 aromatic heterocycles. The van der Waals surface area contributed by atoms with Crippen LogP contribution < -0.4 is 5.32 Å². The lowest BCUT2D eigenvalue weighted by atomic mass is 9.98. The van der Waals surface area contributed by atoms with Gasteiger partial charge in [-0.15, -0.1) is 0 Å². The third-order valence-electron chi connectivity index (χ3n) is 3.59. The SMILES string of the molecule is CCCC1C(=O)NC(=O)N(C2CCN(C)C2=O)C1=O. The Hall–Kier alpha value is -1.92. The smallest absolute Gasteiger partial charge is 0.331 e. The highest BCUT2D eigenvalue weighted by Crippen LogP contribution is 2.23. The first-order valence-electron chi connectivity index (χ1n) is 6.40. The maximum Gasteiger partial charge on any atom is 0.331 e. The number of likely N-dealkylation sites (N-methyl/N-ethyl adjacent to an activating group) is 1. The van der Waals surface area contributed by atoms with E-state index in [1.54, 1.807) is 7.05 Å². The molecule has 0 aromatic carbocycles. The van der Waals surface area contributed by atoms with Crippen LogP contribution in [0.5, 0.6) is 0 Å². The van der Waals surface area contributed by atoms with Crippen molar-refractivity contribution in [2.75, 3.05) is 13.6 Å². The number of hydrogen-bond acceptors (Lipinski definition) is 4. The Morgan fingerprint density at radius 2 is 1.89 bits per heavy atom. The summed E-state index contributed by atoms with van der Waals surface area (Å²) in [5.74, 6) is -2.23. The van der Waals surface area contributed by atoms with Crippen LogP contribution in [0.2, 0.25) is 0 Å². The summed E-state index contributed by atoms with van der Waals surface area (Å²) in [7, 11) is 1.63. The van der Waals surface area contributed by atoms with E-state index in [0.29, 0.717) is 25.8 Å². The van der Waals surface area contributed by atoms with Crippen LogP contribution in [0, 0.1) is 5.92 Å². The van der Waals surface area contributed by atoms with Crippen molar-refractivity contribution >= 4 is 23.8 Å². The first-order valence-corrected chi connectivity index (χ1v) is 6.40. The van der Waals surface area contributed by atoms with E-state index in [1.807, 2.05) is 6.92 Å². The predicted octanol–water partition coefficient (Wildman–Crippen LogP) is -0.288. The van der Waals surface area contributed by atoms with Gasteiger partial charge in [-0.05, 0) is 12.8 Å². The summed E-state index contributed by atoms with van der Waals surface area (Å²) in [4.78, 5) is 50.0. The standard InChI is InChI=1S/C12H17N3O4/c1-3-4-7-9(16)13-12(19)15(10(7)17)8-5-6-14(2)11(8)18/h7-8H,3-6H2,1-2H3,(H,13,16,19). The van der Waals surface area contributed by atoms with E-state index in [4.69, 9.17) is 0 Å². The van der Waals surface area contributed by atoms with Crippen LogP contribution in [0.25, 0.3) is 0 Å². The second-order valence-electron chi connectivity index (χ2n) is 4.91.